The van der Waals surface area contributed by atoms with Gasteiger partial charge in [0.2, 0.25) is 0 Å². The van der Waals surface area contributed by atoms with E-state index in [4.69, 9.17) is 37.0 Å². The molecule has 17 nitrogen and oxygen atoms in total. The standard InChI is InChI=1S/C91H148O17P2/c1-5-9-13-17-21-25-29-33-37-40-42-45-49-52-56-60-64-68-72-76-89(94)102-82-87(108-91(96)78-74-70-66-62-58-54-50-46-43-41-38-34-30-26-22-18-14-10-6-2)84-106-110(99,100)104-80-85(92)79-103-109(97,98)105-83-86(107-90(95)77-73-69-65-61-57-53-47-36-32-28-24-20-16-12-8-4)81-101-88(93)75-71-67-63-59-55-51-48-44-39-35-31-27-23-19-15-11-7-3/h9-11,13-15,21-28,33-39,42-43,45-48,51-52,56,85-87,92H,5-8,12,16-20,29-32,40-41,44,49-50,53-55,57-84H2,1-4H3,(H,97,98)(H,99,100)/b13-9-,14-10-,15-11-,25-21-,26-22-,27-23-,28-24-,37-33-,38-34-,39-35-,45-42-,46-43-,47-36-,51-48-,56-52-. The fraction of sp³-hybridized carbons (Fsp3) is 0.626. The zero-order valence-corrected chi connectivity index (χ0v) is 70.1. The maximum atomic E-state index is 13.1. The Bertz CT molecular complexity index is 2800. The molecular formula is C91H148O17P2. The summed E-state index contributed by atoms with van der Waals surface area (Å²) in [4.78, 5) is 73.2. The van der Waals surface area contributed by atoms with E-state index in [9.17, 15) is 43.2 Å². The Labute approximate surface area is 666 Å². The van der Waals surface area contributed by atoms with Gasteiger partial charge in [-0.05, 0) is 180 Å². The Hall–Kier alpha value is -5.84. The number of unbranched alkanes of at least 4 members (excludes halogenated alkanes) is 21. The number of allylic oxidation sites excluding steroid dienone is 30. The lowest BCUT2D eigenvalue weighted by Crippen LogP contribution is -2.30. The van der Waals surface area contributed by atoms with Crippen LogP contribution in [0.3, 0.4) is 0 Å². The molecule has 0 radical (unpaired) electrons. The third kappa shape index (κ3) is 80.2. The minimum absolute atomic E-state index is 0.0632. The number of esters is 4. The summed E-state index contributed by atoms with van der Waals surface area (Å²) in [7, 11) is -10.0. The molecule has 0 saturated heterocycles. The topological polar surface area (TPSA) is 237 Å². The molecule has 0 spiro atoms. The molecule has 0 bridgehead atoms. The van der Waals surface area contributed by atoms with Crippen molar-refractivity contribution in [3.05, 3.63) is 182 Å². The summed E-state index contributed by atoms with van der Waals surface area (Å²) >= 11 is 0. The zero-order chi connectivity index (χ0) is 80.3. The number of ether oxygens (including phenoxy) is 4. The fourth-order valence-corrected chi connectivity index (χ4v) is 12.1. The first-order valence-electron chi connectivity index (χ1n) is 42.0. The highest BCUT2D eigenvalue weighted by atomic mass is 31.2. The molecule has 0 aromatic heterocycles. The number of hydrogen-bond acceptors (Lipinski definition) is 15. The van der Waals surface area contributed by atoms with Crippen LogP contribution in [0.1, 0.15) is 310 Å². The lowest BCUT2D eigenvalue weighted by molar-refractivity contribution is -0.161. The smallest absolute Gasteiger partial charge is 0.462 e. The van der Waals surface area contributed by atoms with E-state index in [0.717, 1.165) is 212 Å². The molecule has 0 fully saturated rings. The van der Waals surface area contributed by atoms with E-state index in [1.807, 2.05) is 0 Å². The summed E-state index contributed by atoms with van der Waals surface area (Å²) in [6, 6.07) is 0. The van der Waals surface area contributed by atoms with Crippen LogP contribution in [0.5, 0.6) is 0 Å². The van der Waals surface area contributed by atoms with Gasteiger partial charge < -0.3 is 33.8 Å². The van der Waals surface area contributed by atoms with E-state index < -0.39 is 97.5 Å². The number of phosphoric ester groups is 2. The maximum absolute atomic E-state index is 13.1. The lowest BCUT2D eigenvalue weighted by atomic mass is 10.1. The number of rotatable bonds is 77. The van der Waals surface area contributed by atoms with Gasteiger partial charge in [0.1, 0.15) is 19.3 Å². The van der Waals surface area contributed by atoms with E-state index in [0.29, 0.717) is 25.7 Å². The van der Waals surface area contributed by atoms with Gasteiger partial charge in [-0.15, -0.1) is 0 Å². The Kier molecular flexibility index (Phi) is 76.9. The zero-order valence-electron chi connectivity index (χ0n) is 68.4. The van der Waals surface area contributed by atoms with Gasteiger partial charge in [-0.1, -0.05) is 287 Å². The van der Waals surface area contributed by atoms with Crippen molar-refractivity contribution in [3.63, 3.8) is 0 Å². The number of phosphoric acid groups is 2. The van der Waals surface area contributed by atoms with E-state index in [2.05, 4.69) is 210 Å². The number of aliphatic hydroxyl groups excluding tert-OH is 1. The number of carbonyl (C=O) groups excluding carboxylic acids is 4. The molecule has 0 aliphatic carbocycles. The average molecular weight is 1580 g/mol. The van der Waals surface area contributed by atoms with E-state index in [-0.39, 0.29) is 25.7 Å². The van der Waals surface area contributed by atoms with Gasteiger partial charge in [0.15, 0.2) is 12.2 Å². The highest BCUT2D eigenvalue weighted by Gasteiger charge is 2.30. The minimum atomic E-state index is -5.01. The highest BCUT2D eigenvalue weighted by molar-refractivity contribution is 7.47. The van der Waals surface area contributed by atoms with Crippen molar-refractivity contribution in [3.8, 4) is 0 Å². The van der Waals surface area contributed by atoms with Crippen LogP contribution in [0.25, 0.3) is 0 Å². The van der Waals surface area contributed by atoms with Crippen LogP contribution in [0, 0.1) is 0 Å². The van der Waals surface area contributed by atoms with Crippen LogP contribution in [-0.2, 0) is 65.4 Å². The molecule has 110 heavy (non-hydrogen) atoms. The maximum Gasteiger partial charge on any atom is 0.472 e. The normalized spacial score (nSPS) is 14.7. The molecule has 624 valence electrons. The molecule has 0 aromatic carbocycles. The van der Waals surface area contributed by atoms with Gasteiger partial charge in [0, 0.05) is 25.7 Å². The Morgan fingerprint density at radius 1 is 0.264 bits per heavy atom. The van der Waals surface area contributed by atoms with Crippen molar-refractivity contribution < 1.29 is 80.2 Å². The molecule has 0 saturated carbocycles. The first kappa shape index (κ1) is 104. The Balaban J connectivity index is 5.48. The summed E-state index contributed by atoms with van der Waals surface area (Å²) in [5, 5.41) is 10.7. The van der Waals surface area contributed by atoms with Crippen LogP contribution in [-0.4, -0.2) is 96.7 Å². The lowest BCUT2D eigenvalue weighted by Gasteiger charge is -2.21. The monoisotopic (exact) mass is 1580 g/mol. The van der Waals surface area contributed by atoms with E-state index >= 15 is 0 Å². The predicted octanol–water partition coefficient (Wildman–Crippen LogP) is 25.1. The average Bonchev–Trinajstić information content (AvgIpc) is 0.900. The van der Waals surface area contributed by atoms with E-state index in [1.165, 1.54) is 19.3 Å². The van der Waals surface area contributed by atoms with E-state index in [1.54, 1.807) is 0 Å². The van der Waals surface area contributed by atoms with Crippen LogP contribution in [0.2, 0.25) is 0 Å². The van der Waals surface area contributed by atoms with Crippen molar-refractivity contribution in [2.24, 2.45) is 0 Å². The molecule has 5 atom stereocenters. The largest absolute Gasteiger partial charge is 0.472 e. The third-order valence-electron chi connectivity index (χ3n) is 16.8. The number of carbonyl (C=O) groups is 4. The summed E-state index contributed by atoms with van der Waals surface area (Å²) in [5.74, 6) is -2.28. The van der Waals surface area contributed by atoms with Gasteiger partial charge in [-0.2, -0.15) is 0 Å². The molecular weight excluding hydrogens is 1430 g/mol. The molecule has 0 aromatic rings. The summed E-state index contributed by atoms with van der Waals surface area (Å²) in [6.45, 7) is 4.41. The molecule has 0 heterocycles. The van der Waals surface area contributed by atoms with Crippen molar-refractivity contribution in [2.75, 3.05) is 39.6 Å². The molecule has 5 unspecified atom stereocenters. The number of aliphatic hydroxyl groups is 1. The second-order valence-corrected chi connectivity index (χ2v) is 30.2. The summed E-state index contributed by atoms with van der Waals surface area (Å²) < 4.78 is 68.7. The van der Waals surface area contributed by atoms with Crippen LogP contribution >= 0.6 is 15.6 Å². The van der Waals surface area contributed by atoms with Gasteiger partial charge in [0.25, 0.3) is 0 Å². The van der Waals surface area contributed by atoms with Crippen molar-refractivity contribution in [1.29, 1.82) is 0 Å². The first-order valence-corrected chi connectivity index (χ1v) is 45.0. The third-order valence-corrected chi connectivity index (χ3v) is 18.7. The van der Waals surface area contributed by atoms with Gasteiger partial charge in [-0.3, -0.25) is 37.3 Å². The summed E-state index contributed by atoms with van der Waals surface area (Å²) in [5.41, 5.74) is 0. The Morgan fingerprint density at radius 3 is 0.736 bits per heavy atom. The minimum Gasteiger partial charge on any atom is -0.462 e. The number of hydrogen-bond donors (Lipinski definition) is 3. The molecule has 0 amide bonds. The van der Waals surface area contributed by atoms with Crippen molar-refractivity contribution >= 4 is 39.5 Å². The quantitative estimate of drug-likeness (QED) is 0.0169. The molecule has 0 aliphatic heterocycles. The predicted molar refractivity (Wildman–Crippen MR) is 454 cm³/mol. The summed E-state index contributed by atoms with van der Waals surface area (Å²) in [6.07, 6.45) is 98.5. The van der Waals surface area contributed by atoms with Gasteiger partial charge >= 0.3 is 39.5 Å². The molecule has 0 aliphatic rings. The second-order valence-electron chi connectivity index (χ2n) is 27.3. The SMILES string of the molecule is CC/C=C\C/C=C\C/C=C\C/C=C\C/C=C\CCCCCC(=O)OCC(COP(=O)(O)OCC(O)COP(=O)(O)OCC(COC(=O)CCCCCC/C=C\C/C=C\C/C=C\C/C=C\CC)OC(=O)CCCCCCC/C=C\C/C=C\CCCCC)OC(=O)CCCCCCCC/C=C\C/C=C\C/C=C\C/C=C\CC. The fourth-order valence-electron chi connectivity index (χ4n) is 10.6. The van der Waals surface area contributed by atoms with Crippen LogP contribution < -0.4 is 0 Å². The van der Waals surface area contributed by atoms with Gasteiger partial charge in [0.05, 0.1) is 26.4 Å². The van der Waals surface area contributed by atoms with Crippen LogP contribution in [0.15, 0.2) is 182 Å². The molecule has 19 heteroatoms. The first-order chi connectivity index (χ1) is 53.7. The molecule has 0 rings (SSSR count). The second kappa shape index (κ2) is 81.2. The Morgan fingerprint density at radius 2 is 0.473 bits per heavy atom. The highest BCUT2D eigenvalue weighted by Crippen LogP contribution is 2.45. The van der Waals surface area contributed by atoms with Crippen LogP contribution in [0.4, 0.5) is 0 Å². The molecule has 3 N–H and O–H groups in total. The van der Waals surface area contributed by atoms with Crippen molar-refractivity contribution in [1.82, 2.24) is 0 Å². The van der Waals surface area contributed by atoms with Crippen molar-refractivity contribution in [2.45, 2.75) is 329 Å². The van der Waals surface area contributed by atoms with Gasteiger partial charge in [-0.25, -0.2) is 9.13 Å².